The monoisotopic (exact) mass is 408 g/mol. The molecular weight excluding hydrogens is 386 g/mol. The summed E-state index contributed by atoms with van der Waals surface area (Å²) in [6, 6.07) is 14.2. The first-order valence-corrected chi connectivity index (χ1v) is 10.1. The first-order chi connectivity index (χ1) is 13.9. The number of aryl methyl sites for hydroxylation is 3. The van der Waals surface area contributed by atoms with Crippen molar-refractivity contribution in [2.45, 2.75) is 27.3 Å². The second kappa shape index (κ2) is 8.98. The Kier molecular flexibility index (Phi) is 6.41. The maximum Gasteiger partial charge on any atom is 0.251 e. The Balaban J connectivity index is 1.90. The molecule has 7 heteroatoms. The maximum absolute atomic E-state index is 12.6. The highest BCUT2D eigenvalue weighted by atomic mass is 32.2. The van der Waals surface area contributed by atoms with Crippen LogP contribution in [-0.2, 0) is 17.8 Å². The zero-order valence-electron chi connectivity index (χ0n) is 16.5. The van der Waals surface area contributed by atoms with Crippen LogP contribution in [0.4, 0.5) is 11.4 Å². The fourth-order valence-electron chi connectivity index (χ4n) is 2.91. The summed E-state index contributed by atoms with van der Waals surface area (Å²) >= 11 is -2.54. The number of aromatic nitrogens is 1. The Morgan fingerprint density at radius 1 is 1.07 bits per heavy atom. The van der Waals surface area contributed by atoms with E-state index >= 15 is 0 Å². The van der Waals surface area contributed by atoms with Crippen molar-refractivity contribution in [3.05, 3.63) is 88.7 Å². The number of benzene rings is 2. The molecule has 1 atom stereocenters. The van der Waals surface area contributed by atoms with Crippen LogP contribution in [0.5, 0.6) is 0 Å². The van der Waals surface area contributed by atoms with Crippen molar-refractivity contribution in [3.8, 4) is 0 Å². The molecule has 0 radical (unpaired) electrons. The highest BCUT2D eigenvalue weighted by Crippen LogP contribution is 2.31. The van der Waals surface area contributed by atoms with Crippen molar-refractivity contribution >= 4 is 28.5 Å². The molecule has 0 saturated heterocycles. The van der Waals surface area contributed by atoms with Crippen LogP contribution in [0, 0.1) is 20.8 Å². The SMILES string of the molecule is Cc1ccc(N(c2cc(C(=O)NCc3cccnc3)ccc2C)S(=O)[O-])cc1C. The van der Waals surface area contributed by atoms with Crippen LogP contribution < -0.4 is 9.62 Å². The van der Waals surface area contributed by atoms with E-state index in [4.69, 9.17) is 0 Å². The molecule has 3 aromatic rings. The zero-order valence-corrected chi connectivity index (χ0v) is 17.3. The zero-order chi connectivity index (χ0) is 21.0. The smallest absolute Gasteiger partial charge is 0.251 e. The molecule has 2 aromatic carbocycles. The molecule has 1 N–H and O–H groups in total. The molecule has 0 aliphatic rings. The third kappa shape index (κ3) is 4.88. The van der Waals surface area contributed by atoms with Gasteiger partial charge in [0.1, 0.15) is 0 Å². The van der Waals surface area contributed by atoms with Crippen LogP contribution in [0.3, 0.4) is 0 Å². The number of hydrogen-bond acceptors (Lipinski definition) is 4. The topological polar surface area (TPSA) is 85.4 Å². The fraction of sp³-hybridized carbons (Fsp3) is 0.182. The van der Waals surface area contributed by atoms with Gasteiger partial charge in [0.15, 0.2) is 0 Å². The van der Waals surface area contributed by atoms with Crippen molar-refractivity contribution in [3.63, 3.8) is 0 Å². The minimum absolute atomic E-state index is 0.285. The molecule has 0 aliphatic heterocycles. The lowest BCUT2D eigenvalue weighted by molar-refractivity contribution is 0.0951. The van der Waals surface area contributed by atoms with Crippen molar-refractivity contribution in [1.29, 1.82) is 0 Å². The summed E-state index contributed by atoms with van der Waals surface area (Å²) in [5.74, 6) is -0.285. The molecule has 0 bridgehead atoms. The number of pyridine rings is 1. The quantitative estimate of drug-likeness (QED) is 0.628. The Morgan fingerprint density at radius 3 is 2.48 bits per heavy atom. The molecule has 1 unspecified atom stereocenters. The largest absolute Gasteiger partial charge is 0.755 e. The maximum atomic E-state index is 12.6. The van der Waals surface area contributed by atoms with E-state index in [1.807, 2.05) is 39.0 Å². The number of nitrogens with zero attached hydrogens (tertiary/aromatic N) is 2. The first kappa shape index (κ1) is 20.7. The number of rotatable bonds is 6. The highest BCUT2D eigenvalue weighted by Gasteiger charge is 2.16. The van der Waals surface area contributed by atoms with Gasteiger partial charge >= 0.3 is 0 Å². The predicted molar refractivity (Wildman–Crippen MR) is 114 cm³/mol. The van der Waals surface area contributed by atoms with E-state index in [0.29, 0.717) is 23.5 Å². The summed E-state index contributed by atoms with van der Waals surface area (Å²) in [6.45, 7) is 6.05. The number of nitrogens with one attached hydrogen (secondary N) is 1. The second-order valence-electron chi connectivity index (χ2n) is 6.83. The van der Waals surface area contributed by atoms with Crippen LogP contribution >= 0.6 is 0 Å². The molecule has 0 saturated carbocycles. The molecular formula is C22H22N3O3S-. The molecule has 0 aliphatic carbocycles. The molecule has 29 heavy (non-hydrogen) atoms. The molecule has 6 nitrogen and oxygen atoms in total. The second-order valence-corrected chi connectivity index (χ2v) is 7.62. The van der Waals surface area contributed by atoms with Crippen LogP contribution in [0.2, 0.25) is 0 Å². The molecule has 0 spiro atoms. The van der Waals surface area contributed by atoms with E-state index in [9.17, 15) is 13.6 Å². The Labute approximate surface area is 173 Å². The summed E-state index contributed by atoms with van der Waals surface area (Å²) in [4.78, 5) is 16.6. The predicted octanol–water partition coefficient (Wildman–Crippen LogP) is 3.87. The van der Waals surface area contributed by atoms with Gasteiger partial charge in [0.2, 0.25) is 0 Å². The van der Waals surface area contributed by atoms with Crippen molar-refractivity contribution in [2.24, 2.45) is 0 Å². The van der Waals surface area contributed by atoms with E-state index in [2.05, 4.69) is 10.3 Å². The van der Waals surface area contributed by atoms with Gasteiger partial charge in [-0.1, -0.05) is 18.2 Å². The number of hydrogen-bond donors (Lipinski definition) is 1. The first-order valence-electron chi connectivity index (χ1n) is 9.11. The third-order valence-electron chi connectivity index (χ3n) is 4.74. The molecule has 1 aromatic heterocycles. The van der Waals surface area contributed by atoms with E-state index in [-0.39, 0.29) is 5.91 Å². The Hall–Kier alpha value is -3.03. The average molecular weight is 409 g/mol. The number of anilines is 2. The molecule has 1 amide bonds. The Morgan fingerprint density at radius 2 is 1.83 bits per heavy atom. The fourth-order valence-corrected chi connectivity index (χ4v) is 3.56. The molecule has 150 valence electrons. The van der Waals surface area contributed by atoms with E-state index < -0.39 is 11.3 Å². The lowest BCUT2D eigenvalue weighted by atomic mass is 10.1. The summed E-state index contributed by atoms with van der Waals surface area (Å²) in [7, 11) is 0. The molecule has 1 heterocycles. The lowest BCUT2D eigenvalue weighted by Gasteiger charge is -2.29. The average Bonchev–Trinajstić information content (AvgIpc) is 2.71. The Bertz CT molecular complexity index is 1050. The van der Waals surface area contributed by atoms with Gasteiger partial charge in [-0.25, -0.2) is 0 Å². The van der Waals surface area contributed by atoms with Gasteiger partial charge in [0.25, 0.3) is 5.91 Å². The van der Waals surface area contributed by atoms with E-state index in [1.165, 1.54) is 4.31 Å². The van der Waals surface area contributed by atoms with Gasteiger partial charge in [-0.05, 0) is 73.4 Å². The molecule has 0 fully saturated rings. The summed E-state index contributed by atoms with van der Waals surface area (Å²) < 4.78 is 25.3. The van der Waals surface area contributed by atoms with Crippen LogP contribution in [0.25, 0.3) is 0 Å². The van der Waals surface area contributed by atoms with Crippen molar-refractivity contribution in [2.75, 3.05) is 4.31 Å². The van der Waals surface area contributed by atoms with E-state index in [0.717, 1.165) is 22.3 Å². The van der Waals surface area contributed by atoms with E-state index in [1.54, 1.807) is 42.7 Å². The van der Waals surface area contributed by atoms with Crippen LogP contribution in [0.1, 0.15) is 32.6 Å². The van der Waals surface area contributed by atoms with Gasteiger partial charge in [-0.3, -0.25) is 18.3 Å². The summed E-state index contributed by atoms with van der Waals surface area (Å²) in [5.41, 5.74) is 5.04. The van der Waals surface area contributed by atoms with Gasteiger partial charge < -0.3 is 9.87 Å². The minimum atomic E-state index is -2.54. The number of amides is 1. The van der Waals surface area contributed by atoms with Crippen molar-refractivity contribution < 1.29 is 13.6 Å². The van der Waals surface area contributed by atoms with Crippen LogP contribution in [-0.4, -0.2) is 19.7 Å². The number of carbonyl (C=O) groups is 1. The van der Waals surface area contributed by atoms with Crippen molar-refractivity contribution in [1.82, 2.24) is 10.3 Å². The summed E-state index contributed by atoms with van der Waals surface area (Å²) in [5, 5.41) is 2.83. The number of carbonyl (C=O) groups excluding carboxylic acids is 1. The van der Waals surface area contributed by atoms with Gasteiger partial charge in [0, 0.05) is 24.5 Å². The lowest BCUT2D eigenvalue weighted by Crippen LogP contribution is -2.24. The highest BCUT2D eigenvalue weighted by molar-refractivity contribution is 7.81. The van der Waals surface area contributed by atoms with Gasteiger partial charge in [-0.15, -0.1) is 0 Å². The molecule has 3 rings (SSSR count). The minimum Gasteiger partial charge on any atom is -0.755 e. The third-order valence-corrected chi connectivity index (χ3v) is 5.45. The van der Waals surface area contributed by atoms with Gasteiger partial charge in [0.05, 0.1) is 22.6 Å². The normalized spacial score (nSPS) is 11.7. The summed E-state index contributed by atoms with van der Waals surface area (Å²) in [6.07, 6.45) is 3.35. The van der Waals surface area contributed by atoms with Gasteiger partial charge in [-0.2, -0.15) is 0 Å². The standard InChI is InChI=1S/C22H23N3O3S/c1-15-7-9-20(11-17(15)3)25(29(27)28)21-12-19(8-6-16(21)2)22(26)24-14-18-5-4-10-23-13-18/h4-13H,14H2,1-3H3,(H,24,26)(H,27,28)/p-1. The van der Waals surface area contributed by atoms with Crippen LogP contribution in [0.15, 0.2) is 60.9 Å².